The Bertz CT molecular complexity index is 1640. The summed E-state index contributed by atoms with van der Waals surface area (Å²) in [5.74, 6) is -2.13. The highest BCUT2D eigenvalue weighted by Crippen LogP contribution is 2.45. The van der Waals surface area contributed by atoms with Gasteiger partial charge in [-0.3, -0.25) is 37.3 Å². The van der Waals surface area contributed by atoms with Crippen LogP contribution in [-0.4, -0.2) is 96.7 Å². The number of hydrogen-bond donors (Lipinski definition) is 3. The molecule has 0 aromatic carbocycles. The predicted molar refractivity (Wildman–Crippen MR) is 340 cm³/mol. The van der Waals surface area contributed by atoms with Crippen LogP contribution in [-0.2, 0) is 65.4 Å². The quantitative estimate of drug-likeness (QED) is 0.0222. The van der Waals surface area contributed by atoms with Crippen LogP contribution < -0.4 is 0 Å². The molecule has 0 bridgehead atoms. The molecule has 2 unspecified atom stereocenters. The summed E-state index contributed by atoms with van der Waals surface area (Å²) in [5.41, 5.74) is 0. The van der Waals surface area contributed by atoms with Gasteiger partial charge < -0.3 is 33.8 Å². The highest BCUT2D eigenvalue weighted by atomic mass is 31.2. The van der Waals surface area contributed by atoms with Gasteiger partial charge in [0.1, 0.15) is 19.3 Å². The van der Waals surface area contributed by atoms with Crippen LogP contribution in [0.1, 0.15) is 342 Å². The number of phosphoric acid groups is 2. The van der Waals surface area contributed by atoms with Crippen LogP contribution in [0, 0.1) is 0 Å². The van der Waals surface area contributed by atoms with Crippen LogP contribution in [0.2, 0.25) is 0 Å². The Labute approximate surface area is 517 Å². The normalized spacial score (nSPS) is 14.1. The van der Waals surface area contributed by atoms with Gasteiger partial charge in [0.15, 0.2) is 12.2 Å². The Hall–Kier alpha value is -1.94. The van der Waals surface area contributed by atoms with Crippen molar-refractivity contribution in [1.82, 2.24) is 0 Å². The van der Waals surface area contributed by atoms with Crippen LogP contribution in [0.4, 0.5) is 0 Å². The van der Waals surface area contributed by atoms with Crippen molar-refractivity contribution < 1.29 is 80.2 Å². The van der Waals surface area contributed by atoms with Gasteiger partial charge in [-0.05, 0) is 25.7 Å². The lowest BCUT2D eigenvalue weighted by molar-refractivity contribution is -0.161. The molecule has 0 spiro atoms. The molecule has 0 aliphatic heterocycles. The van der Waals surface area contributed by atoms with Crippen LogP contribution in [0.3, 0.4) is 0 Å². The van der Waals surface area contributed by atoms with Crippen molar-refractivity contribution in [3.05, 3.63) is 0 Å². The van der Waals surface area contributed by atoms with Gasteiger partial charge in [-0.15, -0.1) is 0 Å². The maximum atomic E-state index is 13.0. The molecule has 0 rings (SSSR count). The second-order valence-corrected chi connectivity index (χ2v) is 26.8. The molecule has 3 N–H and O–H groups in total. The zero-order chi connectivity index (χ0) is 62.6. The van der Waals surface area contributed by atoms with Crippen LogP contribution in [0.15, 0.2) is 0 Å². The standard InChI is InChI=1S/C66H128O17P2/c1-5-9-13-17-21-24-26-28-29-30-32-34-37-41-45-49-53-66(71)83-62(57-77-64(69)51-47-43-39-36-33-31-27-25-22-18-14-10-6-2)59-81-85(74,75)79-55-60(67)54-78-84(72,73)80-58-61(56-76-63(68)50-46-42-38-20-16-12-8-4)82-65(70)52-48-44-40-35-23-19-15-11-7-3/h60-62,67H,5-59H2,1-4H3,(H,72,73)(H,74,75)/t60-,61+,62+/m0/s1. The zero-order valence-electron chi connectivity index (χ0n) is 54.6. The third kappa shape index (κ3) is 60.7. The van der Waals surface area contributed by atoms with Crippen LogP contribution >= 0.6 is 15.6 Å². The summed E-state index contributed by atoms with van der Waals surface area (Å²) in [6, 6.07) is 0. The van der Waals surface area contributed by atoms with E-state index >= 15 is 0 Å². The Balaban J connectivity index is 5.19. The van der Waals surface area contributed by atoms with Gasteiger partial charge in [0, 0.05) is 25.7 Å². The fraction of sp³-hybridized carbons (Fsp3) is 0.939. The third-order valence-corrected chi connectivity index (χ3v) is 17.3. The van der Waals surface area contributed by atoms with E-state index in [0.29, 0.717) is 25.7 Å². The predicted octanol–water partition coefficient (Wildman–Crippen LogP) is 18.7. The van der Waals surface area contributed by atoms with E-state index in [1.54, 1.807) is 0 Å². The Morgan fingerprint density at radius 1 is 0.282 bits per heavy atom. The SMILES string of the molecule is CCCCCCCCCCCCCCCCCCC(=O)O[C@H](COC(=O)CCCCCCCCCCCCCCC)COP(=O)(O)OC[C@@H](O)COP(=O)(O)OC[C@@H](COC(=O)CCCCCCCCC)OC(=O)CCCCCCCCCCC. The maximum absolute atomic E-state index is 13.0. The molecule has 0 aromatic heterocycles. The molecule has 0 saturated heterocycles. The van der Waals surface area contributed by atoms with E-state index in [0.717, 1.165) is 103 Å². The number of rotatable bonds is 67. The summed E-state index contributed by atoms with van der Waals surface area (Å²) < 4.78 is 68.0. The fourth-order valence-electron chi connectivity index (χ4n) is 9.99. The molecule has 85 heavy (non-hydrogen) atoms. The molecule has 504 valence electrons. The minimum absolute atomic E-state index is 0.106. The Morgan fingerprint density at radius 3 is 0.694 bits per heavy atom. The minimum Gasteiger partial charge on any atom is -0.462 e. The summed E-state index contributed by atoms with van der Waals surface area (Å²) in [4.78, 5) is 72.2. The molecule has 0 aliphatic carbocycles. The van der Waals surface area contributed by atoms with Crippen molar-refractivity contribution in [2.75, 3.05) is 39.6 Å². The molecular weight excluding hydrogens is 1130 g/mol. The van der Waals surface area contributed by atoms with Gasteiger partial charge >= 0.3 is 39.5 Å². The van der Waals surface area contributed by atoms with Gasteiger partial charge in [-0.25, -0.2) is 9.13 Å². The Morgan fingerprint density at radius 2 is 0.471 bits per heavy atom. The monoisotopic (exact) mass is 1250 g/mol. The fourth-order valence-corrected chi connectivity index (χ4v) is 11.6. The number of aliphatic hydroxyl groups excluding tert-OH is 1. The summed E-state index contributed by atoms with van der Waals surface area (Å²) in [5, 5.41) is 10.5. The number of aliphatic hydroxyl groups is 1. The lowest BCUT2D eigenvalue weighted by atomic mass is 10.0. The van der Waals surface area contributed by atoms with Crippen molar-refractivity contribution >= 4 is 39.5 Å². The summed E-state index contributed by atoms with van der Waals surface area (Å²) >= 11 is 0. The molecule has 5 atom stereocenters. The topological polar surface area (TPSA) is 237 Å². The summed E-state index contributed by atoms with van der Waals surface area (Å²) in [7, 11) is -9.88. The highest BCUT2D eigenvalue weighted by Gasteiger charge is 2.30. The molecule has 0 fully saturated rings. The first-order chi connectivity index (χ1) is 41.2. The van der Waals surface area contributed by atoms with E-state index in [9.17, 15) is 43.2 Å². The molecule has 0 heterocycles. The van der Waals surface area contributed by atoms with E-state index in [-0.39, 0.29) is 25.7 Å². The first-order valence-corrected chi connectivity index (χ1v) is 37.8. The molecule has 0 radical (unpaired) electrons. The summed E-state index contributed by atoms with van der Waals surface area (Å²) in [6.07, 6.45) is 47.3. The molecule has 0 aliphatic rings. The van der Waals surface area contributed by atoms with Gasteiger partial charge in [0.25, 0.3) is 0 Å². The molecular formula is C66H128O17P2. The lowest BCUT2D eigenvalue weighted by Gasteiger charge is -2.21. The van der Waals surface area contributed by atoms with Gasteiger partial charge in [-0.1, -0.05) is 291 Å². The second kappa shape index (κ2) is 60.9. The molecule has 0 saturated carbocycles. The Kier molecular flexibility index (Phi) is 59.6. The van der Waals surface area contributed by atoms with Crippen LogP contribution in [0.5, 0.6) is 0 Å². The van der Waals surface area contributed by atoms with Crippen molar-refractivity contribution in [2.45, 2.75) is 361 Å². The molecule has 0 aromatic rings. The summed E-state index contributed by atoms with van der Waals surface area (Å²) in [6.45, 7) is 4.86. The second-order valence-electron chi connectivity index (χ2n) is 23.9. The number of phosphoric ester groups is 2. The van der Waals surface area contributed by atoms with E-state index in [2.05, 4.69) is 27.7 Å². The van der Waals surface area contributed by atoms with Crippen molar-refractivity contribution in [3.8, 4) is 0 Å². The smallest absolute Gasteiger partial charge is 0.462 e. The number of carbonyl (C=O) groups is 4. The van der Waals surface area contributed by atoms with E-state index < -0.39 is 97.5 Å². The van der Waals surface area contributed by atoms with Crippen LogP contribution in [0.25, 0.3) is 0 Å². The lowest BCUT2D eigenvalue weighted by Crippen LogP contribution is -2.30. The van der Waals surface area contributed by atoms with E-state index in [1.165, 1.54) is 161 Å². The average molecular weight is 1260 g/mol. The maximum Gasteiger partial charge on any atom is 0.472 e. The average Bonchev–Trinajstić information content (AvgIpc) is 3.52. The molecule has 17 nitrogen and oxygen atoms in total. The highest BCUT2D eigenvalue weighted by molar-refractivity contribution is 7.47. The number of esters is 4. The third-order valence-electron chi connectivity index (χ3n) is 15.4. The minimum atomic E-state index is -4.94. The largest absolute Gasteiger partial charge is 0.472 e. The van der Waals surface area contributed by atoms with Crippen molar-refractivity contribution in [1.29, 1.82) is 0 Å². The van der Waals surface area contributed by atoms with E-state index in [1.807, 2.05) is 0 Å². The first kappa shape index (κ1) is 83.1. The number of hydrogen-bond acceptors (Lipinski definition) is 15. The number of ether oxygens (including phenoxy) is 4. The van der Waals surface area contributed by atoms with Crippen molar-refractivity contribution in [2.24, 2.45) is 0 Å². The van der Waals surface area contributed by atoms with Gasteiger partial charge in [0.2, 0.25) is 0 Å². The molecule has 0 amide bonds. The van der Waals surface area contributed by atoms with Gasteiger partial charge in [-0.2, -0.15) is 0 Å². The number of unbranched alkanes of at least 4 members (excludes halogenated alkanes) is 41. The zero-order valence-corrected chi connectivity index (χ0v) is 56.4. The van der Waals surface area contributed by atoms with Gasteiger partial charge in [0.05, 0.1) is 26.4 Å². The number of carbonyl (C=O) groups excluding carboxylic acids is 4. The van der Waals surface area contributed by atoms with Crippen molar-refractivity contribution in [3.63, 3.8) is 0 Å². The van der Waals surface area contributed by atoms with E-state index in [4.69, 9.17) is 37.0 Å². The molecule has 19 heteroatoms. The first-order valence-electron chi connectivity index (χ1n) is 34.8.